The number of ether oxygens (including phenoxy) is 1. The van der Waals surface area contributed by atoms with Crippen molar-refractivity contribution < 1.29 is 8.95 Å². The minimum absolute atomic E-state index is 0.790. The molecule has 1 atom stereocenters. The lowest BCUT2D eigenvalue weighted by Crippen LogP contribution is -1.97. The molecule has 0 unspecified atom stereocenters. The van der Waals surface area contributed by atoms with Crippen LogP contribution in [0.3, 0.4) is 0 Å². The molecule has 0 saturated heterocycles. The van der Waals surface area contributed by atoms with Crippen molar-refractivity contribution in [3.8, 4) is 5.75 Å². The molecule has 0 fully saturated rings. The summed E-state index contributed by atoms with van der Waals surface area (Å²) in [5.74, 6) is 0.790. The number of nitrogens with zero attached hydrogens (tertiary/aromatic N) is 1. The smallest absolute Gasteiger partial charge is 0.173 e. The highest BCUT2D eigenvalue weighted by Gasteiger charge is 2.10. The van der Waals surface area contributed by atoms with Crippen molar-refractivity contribution in [3.05, 3.63) is 58.7 Å². The van der Waals surface area contributed by atoms with E-state index in [2.05, 4.69) is 4.40 Å². The van der Waals surface area contributed by atoms with Crippen LogP contribution < -0.4 is 4.74 Å². The maximum atomic E-state index is 12.4. The molecule has 0 bridgehead atoms. The second-order valence-electron chi connectivity index (χ2n) is 4.98. The summed E-state index contributed by atoms with van der Waals surface area (Å²) in [6.07, 6.45) is 1.63. The molecule has 0 saturated carbocycles. The van der Waals surface area contributed by atoms with Crippen LogP contribution in [0.25, 0.3) is 0 Å². The topological polar surface area (TPSA) is 38.7 Å². The van der Waals surface area contributed by atoms with Crippen LogP contribution in [-0.2, 0) is 11.0 Å². The van der Waals surface area contributed by atoms with Gasteiger partial charge >= 0.3 is 0 Å². The standard InChI is InChI=1S/C17H19NO2S/c1-12-9-13(2)17(14(3)10-12)21(19)18-11-15-5-7-16(20-4)8-6-15/h5-11H,1-4H3/b18-11+/t21-/m1/s1. The minimum atomic E-state index is -1.38. The largest absolute Gasteiger partial charge is 0.497 e. The number of rotatable bonds is 4. The maximum absolute atomic E-state index is 12.4. The molecule has 2 aromatic carbocycles. The molecule has 0 amide bonds. The van der Waals surface area contributed by atoms with Gasteiger partial charge in [0.05, 0.1) is 12.0 Å². The van der Waals surface area contributed by atoms with Crippen LogP contribution in [0.4, 0.5) is 0 Å². The van der Waals surface area contributed by atoms with E-state index in [1.54, 1.807) is 13.3 Å². The number of aryl methyl sites for hydroxylation is 3. The summed E-state index contributed by atoms with van der Waals surface area (Å²) in [7, 11) is 0.242. The Morgan fingerprint density at radius 3 is 2.14 bits per heavy atom. The lowest BCUT2D eigenvalue weighted by Gasteiger charge is -2.07. The third-order valence-corrected chi connectivity index (χ3v) is 4.48. The quantitative estimate of drug-likeness (QED) is 0.806. The predicted octanol–water partition coefficient (Wildman–Crippen LogP) is 3.76. The molecule has 0 spiro atoms. The van der Waals surface area contributed by atoms with E-state index in [0.29, 0.717) is 0 Å². The molecule has 2 aromatic rings. The molecule has 0 N–H and O–H groups in total. The van der Waals surface area contributed by atoms with E-state index in [1.807, 2.05) is 57.2 Å². The molecule has 0 aliphatic heterocycles. The first kappa shape index (κ1) is 15.4. The SMILES string of the molecule is COc1ccc(/C=N/[S@](=O)c2c(C)cc(C)cc2C)cc1. The second kappa shape index (κ2) is 6.68. The first-order valence-electron chi connectivity index (χ1n) is 6.69. The Morgan fingerprint density at radius 2 is 1.62 bits per heavy atom. The molecule has 3 nitrogen and oxygen atoms in total. The van der Waals surface area contributed by atoms with Gasteiger partial charge in [-0.15, -0.1) is 0 Å². The van der Waals surface area contributed by atoms with Gasteiger partial charge in [-0.1, -0.05) is 17.7 Å². The van der Waals surface area contributed by atoms with Crippen LogP contribution in [0.15, 0.2) is 45.7 Å². The van der Waals surface area contributed by atoms with E-state index in [4.69, 9.17) is 4.74 Å². The van der Waals surface area contributed by atoms with Gasteiger partial charge in [-0.05, 0) is 61.7 Å². The average molecular weight is 301 g/mol. The Labute approximate surface area is 128 Å². The molecule has 21 heavy (non-hydrogen) atoms. The van der Waals surface area contributed by atoms with Crippen LogP contribution >= 0.6 is 0 Å². The van der Waals surface area contributed by atoms with Crippen molar-refractivity contribution in [1.29, 1.82) is 0 Å². The van der Waals surface area contributed by atoms with Crippen LogP contribution in [0.1, 0.15) is 22.3 Å². The first-order valence-corrected chi connectivity index (χ1v) is 7.80. The fourth-order valence-electron chi connectivity index (χ4n) is 2.29. The summed E-state index contributed by atoms with van der Waals surface area (Å²) in [4.78, 5) is 0.797. The zero-order chi connectivity index (χ0) is 15.4. The maximum Gasteiger partial charge on any atom is 0.173 e. The van der Waals surface area contributed by atoms with E-state index >= 15 is 0 Å². The van der Waals surface area contributed by atoms with Gasteiger partial charge in [0.2, 0.25) is 0 Å². The summed E-state index contributed by atoms with van der Waals surface area (Å²) >= 11 is 0. The summed E-state index contributed by atoms with van der Waals surface area (Å²) < 4.78 is 21.7. The molecule has 2 rings (SSSR count). The monoisotopic (exact) mass is 301 g/mol. The van der Waals surface area contributed by atoms with Gasteiger partial charge in [0.25, 0.3) is 0 Å². The van der Waals surface area contributed by atoms with Gasteiger partial charge in [0.1, 0.15) is 5.75 Å². The van der Waals surface area contributed by atoms with Gasteiger partial charge in [0, 0.05) is 6.21 Å². The Kier molecular flexibility index (Phi) is 4.91. The molecule has 0 aliphatic rings. The number of hydrogen-bond donors (Lipinski definition) is 0. The van der Waals surface area contributed by atoms with E-state index in [-0.39, 0.29) is 0 Å². The Morgan fingerprint density at radius 1 is 1.05 bits per heavy atom. The molecular weight excluding hydrogens is 282 g/mol. The predicted molar refractivity (Wildman–Crippen MR) is 87.6 cm³/mol. The number of benzene rings is 2. The minimum Gasteiger partial charge on any atom is -0.497 e. The van der Waals surface area contributed by atoms with Crippen molar-refractivity contribution in [3.63, 3.8) is 0 Å². The van der Waals surface area contributed by atoms with Crippen LogP contribution in [0, 0.1) is 20.8 Å². The third-order valence-electron chi connectivity index (χ3n) is 3.19. The van der Waals surface area contributed by atoms with E-state index in [0.717, 1.165) is 27.3 Å². The normalized spacial score (nSPS) is 12.6. The summed E-state index contributed by atoms with van der Waals surface area (Å²) in [6.45, 7) is 5.97. The number of hydrogen-bond acceptors (Lipinski definition) is 2. The third kappa shape index (κ3) is 3.79. The van der Waals surface area contributed by atoms with Crippen molar-refractivity contribution in [2.45, 2.75) is 25.7 Å². The molecule has 4 heteroatoms. The lowest BCUT2D eigenvalue weighted by atomic mass is 10.1. The van der Waals surface area contributed by atoms with Crippen LogP contribution in [0.5, 0.6) is 5.75 Å². The summed E-state index contributed by atoms with van der Waals surface area (Å²) in [6, 6.07) is 11.5. The van der Waals surface area contributed by atoms with E-state index < -0.39 is 11.0 Å². The number of methoxy groups -OCH3 is 1. The molecule has 0 aliphatic carbocycles. The van der Waals surface area contributed by atoms with Crippen molar-refractivity contribution in [1.82, 2.24) is 0 Å². The fraction of sp³-hybridized carbons (Fsp3) is 0.235. The van der Waals surface area contributed by atoms with Crippen LogP contribution in [0.2, 0.25) is 0 Å². The Balaban J connectivity index is 2.23. The first-order chi connectivity index (χ1) is 10.0. The van der Waals surface area contributed by atoms with Crippen molar-refractivity contribution >= 4 is 17.2 Å². The highest BCUT2D eigenvalue weighted by atomic mass is 32.2. The highest BCUT2D eigenvalue weighted by Crippen LogP contribution is 2.21. The van der Waals surface area contributed by atoms with Gasteiger partial charge in [-0.2, -0.15) is 4.40 Å². The average Bonchev–Trinajstić information content (AvgIpc) is 2.44. The van der Waals surface area contributed by atoms with E-state index in [9.17, 15) is 4.21 Å². The van der Waals surface area contributed by atoms with Gasteiger partial charge < -0.3 is 4.74 Å². The fourth-order valence-corrected chi connectivity index (χ4v) is 3.29. The summed E-state index contributed by atoms with van der Waals surface area (Å²) in [5.41, 5.74) is 4.09. The zero-order valence-electron chi connectivity index (χ0n) is 12.7. The van der Waals surface area contributed by atoms with E-state index in [1.165, 1.54) is 5.56 Å². The van der Waals surface area contributed by atoms with Gasteiger partial charge in [-0.3, -0.25) is 0 Å². The second-order valence-corrected chi connectivity index (χ2v) is 6.10. The lowest BCUT2D eigenvalue weighted by molar-refractivity contribution is 0.415. The zero-order valence-corrected chi connectivity index (χ0v) is 13.5. The van der Waals surface area contributed by atoms with Crippen LogP contribution in [-0.4, -0.2) is 17.5 Å². The van der Waals surface area contributed by atoms with Gasteiger partial charge in [0.15, 0.2) is 11.0 Å². The molecule has 110 valence electrons. The molecular formula is C17H19NO2S. The van der Waals surface area contributed by atoms with Gasteiger partial charge in [-0.25, -0.2) is 4.21 Å². The van der Waals surface area contributed by atoms with Crippen molar-refractivity contribution in [2.75, 3.05) is 7.11 Å². The molecule has 0 heterocycles. The Bertz CT molecular complexity index is 667. The highest BCUT2D eigenvalue weighted by molar-refractivity contribution is 7.84. The molecule has 0 aromatic heterocycles. The van der Waals surface area contributed by atoms with Crippen molar-refractivity contribution in [2.24, 2.45) is 4.40 Å². The molecule has 0 radical (unpaired) electrons. The summed E-state index contributed by atoms with van der Waals surface area (Å²) in [5, 5.41) is 0. The Hall–Kier alpha value is -1.94.